The van der Waals surface area contributed by atoms with Gasteiger partial charge >= 0.3 is 0 Å². The third-order valence-corrected chi connectivity index (χ3v) is 3.47. The molecule has 1 aliphatic heterocycles. The van der Waals surface area contributed by atoms with Gasteiger partial charge in [-0.3, -0.25) is 14.9 Å². The average molecular weight is 275 g/mol. The number of benzene rings is 1. The molecule has 0 saturated carbocycles. The fourth-order valence-electron chi connectivity index (χ4n) is 2.10. The van der Waals surface area contributed by atoms with Gasteiger partial charge in [0.15, 0.2) is 0 Å². The smallest absolute Gasteiger partial charge is 0.274 e. The minimum absolute atomic E-state index is 0.0442. The quantitative estimate of drug-likeness (QED) is 0.513. The number of nitro groups is 1. The van der Waals surface area contributed by atoms with Gasteiger partial charge in [-0.25, -0.2) is 0 Å². The first kappa shape index (κ1) is 14.2. The Balaban J connectivity index is 2.14. The van der Waals surface area contributed by atoms with Gasteiger partial charge in [0, 0.05) is 37.3 Å². The molecule has 2 rings (SSSR count). The number of amides is 1. The Hall–Kier alpha value is -2.21. The maximum Gasteiger partial charge on any atom is 0.274 e. The maximum atomic E-state index is 12.2. The second-order valence-electron chi connectivity index (χ2n) is 4.88. The van der Waals surface area contributed by atoms with Crippen LogP contribution in [0, 0.1) is 10.1 Å². The summed E-state index contributed by atoms with van der Waals surface area (Å²) in [5, 5.41) is 14.0. The third-order valence-electron chi connectivity index (χ3n) is 3.47. The van der Waals surface area contributed by atoms with Gasteiger partial charge in [0.25, 0.3) is 5.69 Å². The Morgan fingerprint density at radius 3 is 2.60 bits per heavy atom. The fraction of sp³-hybridized carbons (Fsp3) is 0.357. The van der Waals surface area contributed by atoms with Gasteiger partial charge in [-0.15, -0.1) is 0 Å². The van der Waals surface area contributed by atoms with Crippen molar-refractivity contribution in [3.63, 3.8) is 0 Å². The lowest BCUT2D eigenvalue weighted by Gasteiger charge is -2.24. The van der Waals surface area contributed by atoms with Crippen LogP contribution < -0.4 is 5.32 Å². The van der Waals surface area contributed by atoms with E-state index >= 15 is 0 Å². The van der Waals surface area contributed by atoms with Gasteiger partial charge < -0.3 is 10.2 Å². The molecule has 1 aromatic rings. The van der Waals surface area contributed by atoms with Crippen LogP contribution in [0.4, 0.5) is 5.69 Å². The number of nitrogens with zero attached hydrogens (tertiary/aromatic N) is 2. The van der Waals surface area contributed by atoms with Gasteiger partial charge in [0.2, 0.25) is 5.91 Å². The molecule has 0 radical (unpaired) electrons. The summed E-state index contributed by atoms with van der Waals surface area (Å²) in [6, 6.07) is 6.49. The normalized spacial score (nSPS) is 13.6. The predicted octanol–water partition coefficient (Wildman–Crippen LogP) is 1.47. The largest absolute Gasteiger partial charge is 0.337 e. The molecule has 0 unspecified atom stereocenters. The van der Waals surface area contributed by atoms with E-state index < -0.39 is 4.92 Å². The van der Waals surface area contributed by atoms with E-state index in [-0.39, 0.29) is 18.1 Å². The Morgan fingerprint density at radius 1 is 1.40 bits per heavy atom. The Kier molecular flexibility index (Phi) is 4.14. The van der Waals surface area contributed by atoms with Crippen molar-refractivity contribution in [2.24, 2.45) is 0 Å². The number of likely N-dealkylation sites (N-methyl/N-ethyl adjacent to an activating group) is 1. The van der Waals surface area contributed by atoms with Gasteiger partial charge in [0.1, 0.15) is 0 Å². The van der Waals surface area contributed by atoms with Crippen molar-refractivity contribution in [1.29, 1.82) is 0 Å². The molecule has 6 heteroatoms. The van der Waals surface area contributed by atoms with Crippen molar-refractivity contribution in [3.05, 3.63) is 51.1 Å². The second kappa shape index (κ2) is 5.83. The number of carbonyl (C=O) groups is 1. The van der Waals surface area contributed by atoms with Crippen LogP contribution in [0.2, 0.25) is 0 Å². The van der Waals surface area contributed by atoms with Gasteiger partial charge in [-0.1, -0.05) is 18.2 Å². The molecule has 106 valence electrons. The van der Waals surface area contributed by atoms with E-state index in [2.05, 4.69) is 5.32 Å². The second-order valence-corrected chi connectivity index (χ2v) is 4.88. The summed E-state index contributed by atoms with van der Waals surface area (Å²) in [5.74, 6) is -0.0837. The molecule has 6 nitrogen and oxygen atoms in total. The van der Waals surface area contributed by atoms with Crippen LogP contribution in [0.3, 0.4) is 0 Å². The molecule has 1 aliphatic rings. The maximum absolute atomic E-state index is 12.2. The number of para-hydroxylation sites is 1. The predicted molar refractivity (Wildman–Crippen MR) is 75.1 cm³/mol. The van der Waals surface area contributed by atoms with Crippen LogP contribution in [0.5, 0.6) is 0 Å². The van der Waals surface area contributed by atoms with Crippen molar-refractivity contribution in [2.45, 2.75) is 13.5 Å². The van der Waals surface area contributed by atoms with Gasteiger partial charge in [-0.2, -0.15) is 0 Å². The van der Waals surface area contributed by atoms with E-state index in [1.165, 1.54) is 11.0 Å². The van der Waals surface area contributed by atoms with Crippen LogP contribution in [-0.4, -0.2) is 35.9 Å². The first-order valence-electron chi connectivity index (χ1n) is 6.38. The molecule has 0 aromatic heterocycles. The summed E-state index contributed by atoms with van der Waals surface area (Å²) in [6.45, 7) is 3.52. The van der Waals surface area contributed by atoms with Crippen LogP contribution in [0.1, 0.15) is 12.5 Å². The van der Waals surface area contributed by atoms with Crippen LogP contribution in [0.25, 0.3) is 0 Å². The van der Waals surface area contributed by atoms with E-state index in [0.29, 0.717) is 5.56 Å². The first-order chi connectivity index (χ1) is 9.50. The molecule has 1 amide bonds. The van der Waals surface area contributed by atoms with Crippen molar-refractivity contribution < 1.29 is 9.72 Å². The van der Waals surface area contributed by atoms with Crippen molar-refractivity contribution >= 4 is 11.6 Å². The molecule has 1 aromatic carbocycles. The number of rotatable bonds is 4. The SMILES string of the molecule is CC(C(=O)N(C)Cc1ccccc1[N+](=O)[O-])=C1CNC1. The highest BCUT2D eigenvalue weighted by Gasteiger charge is 2.21. The van der Waals surface area contributed by atoms with Gasteiger partial charge in [-0.05, 0) is 12.5 Å². The lowest BCUT2D eigenvalue weighted by atomic mass is 10.0. The summed E-state index contributed by atoms with van der Waals surface area (Å²) < 4.78 is 0. The number of carbonyl (C=O) groups excluding carboxylic acids is 1. The average Bonchev–Trinajstić information content (AvgIpc) is 2.36. The van der Waals surface area contributed by atoms with E-state index in [4.69, 9.17) is 0 Å². The van der Waals surface area contributed by atoms with Crippen LogP contribution in [0.15, 0.2) is 35.4 Å². The molecule has 0 spiro atoms. The Morgan fingerprint density at radius 2 is 2.05 bits per heavy atom. The van der Waals surface area contributed by atoms with Gasteiger partial charge in [0.05, 0.1) is 11.5 Å². The standard InChI is InChI=1S/C14H17N3O3/c1-10(12-7-15-8-12)14(18)16(2)9-11-5-3-4-6-13(11)17(19)20/h3-6,15H,7-9H2,1-2H3. The molecular formula is C14H17N3O3. The summed E-state index contributed by atoms with van der Waals surface area (Å²) in [4.78, 5) is 24.3. The highest BCUT2D eigenvalue weighted by atomic mass is 16.6. The fourth-order valence-corrected chi connectivity index (χ4v) is 2.10. The minimum Gasteiger partial charge on any atom is -0.337 e. The van der Waals surface area contributed by atoms with Crippen LogP contribution >= 0.6 is 0 Å². The first-order valence-corrected chi connectivity index (χ1v) is 6.38. The zero-order valence-electron chi connectivity index (χ0n) is 11.5. The Bertz CT molecular complexity index is 575. The molecule has 0 aliphatic carbocycles. The van der Waals surface area contributed by atoms with Crippen molar-refractivity contribution in [2.75, 3.05) is 20.1 Å². The molecule has 0 bridgehead atoms. The minimum atomic E-state index is -0.422. The summed E-state index contributed by atoms with van der Waals surface area (Å²) in [6.07, 6.45) is 0. The lowest BCUT2D eigenvalue weighted by molar-refractivity contribution is -0.385. The molecule has 1 saturated heterocycles. The lowest BCUT2D eigenvalue weighted by Crippen LogP contribution is -2.38. The van der Waals surface area contributed by atoms with Crippen molar-refractivity contribution in [3.8, 4) is 0 Å². The molecule has 20 heavy (non-hydrogen) atoms. The molecule has 0 atom stereocenters. The molecule has 1 fully saturated rings. The zero-order chi connectivity index (χ0) is 14.7. The third kappa shape index (κ3) is 2.85. The van der Waals surface area contributed by atoms with E-state index in [1.807, 2.05) is 0 Å². The summed E-state index contributed by atoms with van der Waals surface area (Å²) >= 11 is 0. The number of hydrogen-bond donors (Lipinski definition) is 1. The number of nitro benzene ring substituents is 1. The van der Waals surface area contributed by atoms with Crippen LogP contribution in [-0.2, 0) is 11.3 Å². The van der Waals surface area contributed by atoms with E-state index in [0.717, 1.165) is 24.2 Å². The van der Waals surface area contributed by atoms with E-state index in [1.54, 1.807) is 32.2 Å². The van der Waals surface area contributed by atoms with E-state index in [9.17, 15) is 14.9 Å². The molecular weight excluding hydrogens is 258 g/mol. The summed E-state index contributed by atoms with van der Waals surface area (Å²) in [7, 11) is 1.66. The molecule has 1 heterocycles. The Labute approximate surface area is 117 Å². The monoisotopic (exact) mass is 275 g/mol. The highest BCUT2D eigenvalue weighted by molar-refractivity contribution is 5.93. The summed E-state index contributed by atoms with van der Waals surface area (Å²) in [5.41, 5.74) is 2.41. The highest BCUT2D eigenvalue weighted by Crippen LogP contribution is 2.20. The number of nitrogens with one attached hydrogen (secondary N) is 1. The zero-order valence-corrected chi connectivity index (χ0v) is 11.5. The number of hydrogen-bond acceptors (Lipinski definition) is 4. The van der Waals surface area contributed by atoms with Crippen molar-refractivity contribution in [1.82, 2.24) is 10.2 Å². The topological polar surface area (TPSA) is 75.5 Å². The molecule has 1 N–H and O–H groups in total.